The van der Waals surface area contributed by atoms with Gasteiger partial charge in [0, 0.05) is 12.2 Å². The van der Waals surface area contributed by atoms with Crippen LogP contribution in [-0.4, -0.2) is 23.1 Å². The van der Waals surface area contributed by atoms with Crippen molar-refractivity contribution in [3.8, 4) is 0 Å². The predicted molar refractivity (Wildman–Crippen MR) is 65.7 cm³/mol. The summed E-state index contributed by atoms with van der Waals surface area (Å²) in [6.07, 6.45) is 8.28. The summed E-state index contributed by atoms with van der Waals surface area (Å²) >= 11 is 0. The van der Waals surface area contributed by atoms with Crippen LogP contribution in [0.3, 0.4) is 0 Å². The Labute approximate surface area is 103 Å². The number of aliphatic carboxylic acids is 1. The van der Waals surface area contributed by atoms with Crippen LogP contribution >= 0.6 is 0 Å². The minimum atomic E-state index is -1.14. The zero-order valence-corrected chi connectivity index (χ0v) is 10.6. The van der Waals surface area contributed by atoms with E-state index in [0.29, 0.717) is 0 Å². The molecule has 1 N–H and O–H groups in total. The van der Waals surface area contributed by atoms with Crippen LogP contribution in [0.5, 0.6) is 0 Å². The summed E-state index contributed by atoms with van der Waals surface area (Å²) in [5, 5.41) is 8.33. The molecule has 0 aliphatic heterocycles. The van der Waals surface area contributed by atoms with Crippen LogP contribution < -0.4 is 0 Å². The van der Waals surface area contributed by atoms with Gasteiger partial charge >= 0.3 is 11.9 Å². The molecule has 0 amide bonds. The number of carbonyl (C=O) groups is 2. The van der Waals surface area contributed by atoms with E-state index >= 15 is 0 Å². The third kappa shape index (κ3) is 11.0. The molecule has 0 aliphatic carbocycles. The summed E-state index contributed by atoms with van der Waals surface area (Å²) in [7, 11) is 0. The second-order valence-corrected chi connectivity index (χ2v) is 4.12. The molecule has 0 radical (unpaired) electrons. The molecule has 0 saturated carbocycles. The predicted octanol–water partition coefficient (Wildman–Crippen LogP) is 2.92. The summed E-state index contributed by atoms with van der Waals surface area (Å²) in [5.41, 5.74) is 0. The van der Waals surface area contributed by atoms with E-state index < -0.39 is 11.9 Å². The summed E-state index contributed by atoms with van der Waals surface area (Å²) in [4.78, 5) is 21.3. The first kappa shape index (κ1) is 15.7. The monoisotopic (exact) mass is 242 g/mol. The van der Waals surface area contributed by atoms with Crippen molar-refractivity contribution in [3.63, 3.8) is 0 Å². The number of rotatable bonds is 9. The van der Waals surface area contributed by atoms with Crippen LogP contribution in [0, 0.1) is 0 Å². The van der Waals surface area contributed by atoms with Gasteiger partial charge in [-0.15, -0.1) is 0 Å². The van der Waals surface area contributed by atoms with E-state index in [1.165, 1.54) is 19.3 Å². The molecule has 1 atom stereocenters. The number of ether oxygens (including phenoxy) is 1. The van der Waals surface area contributed by atoms with Gasteiger partial charge in [0.05, 0.1) is 6.10 Å². The Morgan fingerprint density at radius 3 is 2.41 bits per heavy atom. The number of hydrogen-bond acceptors (Lipinski definition) is 3. The molecule has 0 bridgehead atoms. The second kappa shape index (κ2) is 9.87. The van der Waals surface area contributed by atoms with Gasteiger partial charge in [-0.2, -0.15) is 0 Å². The highest BCUT2D eigenvalue weighted by molar-refractivity contribution is 5.90. The van der Waals surface area contributed by atoms with Crippen molar-refractivity contribution in [3.05, 3.63) is 12.2 Å². The Hall–Kier alpha value is -1.32. The van der Waals surface area contributed by atoms with Gasteiger partial charge in [-0.25, -0.2) is 9.59 Å². The van der Waals surface area contributed by atoms with Gasteiger partial charge in [-0.05, 0) is 19.8 Å². The van der Waals surface area contributed by atoms with Crippen LogP contribution in [-0.2, 0) is 14.3 Å². The minimum absolute atomic E-state index is 0.150. The smallest absolute Gasteiger partial charge is 0.331 e. The number of esters is 1. The zero-order valence-electron chi connectivity index (χ0n) is 10.6. The van der Waals surface area contributed by atoms with Gasteiger partial charge in [0.2, 0.25) is 0 Å². The molecule has 0 aromatic rings. The number of carboxylic acid groups (broad SMARTS) is 1. The molecule has 0 saturated heterocycles. The maximum atomic E-state index is 11.1. The average molecular weight is 242 g/mol. The summed E-state index contributed by atoms with van der Waals surface area (Å²) in [6, 6.07) is 0. The van der Waals surface area contributed by atoms with E-state index in [9.17, 15) is 9.59 Å². The molecule has 0 rings (SSSR count). The summed E-state index contributed by atoms with van der Waals surface area (Å²) < 4.78 is 5.02. The SMILES string of the molecule is CCCCCCCC(C)OC(=O)/C=C/C(=O)O. The van der Waals surface area contributed by atoms with Gasteiger partial charge in [0.15, 0.2) is 0 Å². The lowest BCUT2D eigenvalue weighted by Crippen LogP contribution is -2.13. The molecule has 98 valence electrons. The Kier molecular flexibility index (Phi) is 9.11. The van der Waals surface area contributed by atoms with Crippen LogP contribution in [0.25, 0.3) is 0 Å². The topological polar surface area (TPSA) is 63.6 Å². The quantitative estimate of drug-likeness (QED) is 0.383. The van der Waals surface area contributed by atoms with Gasteiger partial charge in [-0.3, -0.25) is 0 Å². The molecular weight excluding hydrogens is 220 g/mol. The van der Waals surface area contributed by atoms with Crippen molar-refractivity contribution in [1.29, 1.82) is 0 Å². The third-order valence-electron chi connectivity index (χ3n) is 2.39. The number of carboxylic acids is 1. The Bertz CT molecular complexity index is 258. The molecule has 1 unspecified atom stereocenters. The second-order valence-electron chi connectivity index (χ2n) is 4.12. The fourth-order valence-corrected chi connectivity index (χ4v) is 1.47. The fourth-order valence-electron chi connectivity index (χ4n) is 1.47. The highest BCUT2D eigenvalue weighted by Gasteiger charge is 2.06. The van der Waals surface area contributed by atoms with Crippen molar-refractivity contribution in [2.45, 2.75) is 58.5 Å². The van der Waals surface area contributed by atoms with Crippen molar-refractivity contribution in [2.75, 3.05) is 0 Å². The normalized spacial score (nSPS) is 12.6. The molecular formula is C13H22O4. The molecule has 17 heavy (non-hydrogen) atoms. The van der Waals surface area contributed by atoms with E-state index in [1.807, 2.05) is 6.92 Å². The first-order valence-corrected chi connectivity index (χ1v) is 6.18. The first-order chi connectivity index (χ1) is 8.06. The van der Waals surface area contributed by atoms with E-state index in [4.69, 9.17) is 9.84 Å². The summed E-state index contributed by atoms with van der Waals surface area (Å²) in [6.45, 7) is 3.99. The standard InChI is InChI=1S/C13H22O4/c1-3-4-5-6-7-8-11(2)17-13(16)10-9-12(14)15/h9-11H,3-8H2,1-2H3,(H,14,15)/b10-9+. The summed E-state index contributed by atoms with van der Waals surface area (Å²) in [5.74, 6) is -1.73. The Morgan fingerprint density at radius 1 is 1.18 bits per heavy atom. The highest BCUT2D eigenvalue weighted by atomic mass is 16.5. The van der Waals surface area contributed by atoms with Crippen LogP contribution in [0.1, 0.15) is 52.4 Å². The van der Waals surface area contributed by atoms with Gasteiger partial charge < -0.3 is 9.84 Å². The van der Waals surface area contributed by atoms with Crippen molar-refractivity contribution in [1.82, 2.24) is 0 Å². The number of unbranched alkanes of at least 4 members (excludes halogenated alkanes) is 4. The molecule has 0 fully saturated rings. The molecule has 4 heteroatoms. The third-order valence-corrected chi connectivity index (χ3v) is 2.39. The molecule has 0 aromatic heterocycles. The van der Waals surface area contributed by atoms with Crippen molar-refractivity contribution in [2.24, 2.45) is 0 Å². The van der Waals surface area contributed by atoms with Gasteiger partial charge in [-0.1, -0.05) is 32.6 Å². The average Bonchev–Trinajstić information content (AvgIpc) is 2.26. The zero-order chi connectivity index (χ0) is 13.1. The molecule has 0 spiro atoms. The van der Waals surface area contributed by atoms with E-state index in [2.05, 4.69) is 6.92 Å². The maximum Gasteiger partial charge on any atom is 0.331 e. The lowest BCUT2D eigenvalue weighted by atomic mass is 10.1. The largest absolute Gasteiger partial charge is 0.478 e. The van der Waals surface area contributed by atoms with Gasteiger partial charge in [0.1, 0.15) is 0 Å². The molecule has 0 heterocycles. The minimum Gasteiger partial charge on any atom is -0.478 e. The van der Waals surface area contributed by atoms with Crippen LogP contribution in [0.2, 0.25) is 0 Å². The molecule has 0 aromatic carbocycles. The molecule has 0 aliphatic rings. The van der Waals surface area contributed by atoms with Crippen LogP contribution in [0.15, 0.2) is 12.2 Å². The maximum absolute atomic E-state index is 11.1. The lowest BCUT2D eigenvalue weighted by Gasteiger charge is -2.11. The number of hydrogen-bond donors (Lipinski definition) is 1. The molecule has 4 nitrogen and oxygen atoms in total. The van der Waals surface area contributed by atoms with Gasteiger partial charge in [0.25, 0.3) is 0 Å². The highest BCUT2D eigenvalue weighted by Crippen LogP contribution is 2.09. The van der Waals surface area contributed by atoms with E-state index in [0.717, 1.165) is 31.4 Å². The van der Waals surface area contributed by atoms with Crippen molar-refractivity contribution >= 4 is 11.9 Å². The Balaban J connectivity index is 3.60. The fraction of sp³-hybridized carbons (Fsp3) is 0.692. The van der Waals surface area contributed by atoms with Crippen molar-refractivity contribution < 1.29 is 19.4 Å². The lowest BCUT2D eigenvalue weighted by molar-refractivity contribution is -0.143. The number of carbonyl (C=O) groups excluding carboxylic acids is 1. The first-order valence-electron chi connectivity index (χ1n) is 6.18. The van der Waals surface area contributed by atoms with E-state index in [-0.39, 0.29) is 6.10 Å². The van der Waals surface area contributed by atoms with E-state index in [1.54, 1.807) is 0 Å². The van der Waals surface area contributed by atoms with Crippen LogP contribution in [0.4, 0.5) is 0 Å². The Morgan fingerprint density at radius 2 is 1.82 bits per heavy atom.